The fraction of sp³-hybridized carbons (Fsp3) is 0.615. The number of nitrogens with zero attached hydrogens (tertiary/aromatic N) is 2. The molecule has 0 atom stereocenters. The Kier molecular flexibility index (Phi) is 4.62. The number of aromatic nitrogens is 1. The topological polar surface area (TPSA) is 34.6 Å². The molecule has 0 aromatic carbocycles. The van der Waals surface area contributed by atoms with Crippen LogP contribution in [0.15, 0.2) is 18.3 Å². The predicted molar refractivity (Wildman–Crippen MR) is 66.6 cm³/mol. The lowest BCUT2D eigenvalue weighted by atomic mass is 10.3. The van der Waals surface area contributed by atoms with Gasteiger partial charge < -0.3 is 14.4 Å². The average molecular weight is 236 g/mol. The molecular formula is C13H20N2O2. The van der Waals surface area contributed by atoms with E-state index < -0.39 is 0 Å². The molecule has 0 saturated heterocycles. The molecule has 0 bridgehead atoms. The van der Waals surface area contributed by atoms with Crippen LogP contribution in [-0.4, -0.2) is 43.2 Å². The van der Waals surface area contributed by atoms with Crippen molar-refractivity contribution < 1.29 is 9.47 Å². The first-order chi connectivity index (χ1) is 8.36. The Morgan fingerprint density at radius 1 is 1.12 bits per heavy atom. The van der Waals surface area contributed by atoms with Crippen molar-refractivity contribution in [2.24, 2.45) is 0 Å². The van der Waals surface area contributed by atoms with Crippen LogP contribution < -0.4 is 9.47 Å². The van der Waals surface area contributed by atoms with E-state index in [-0.39, 0.29) is 0 Å². The summed E-state index contributed by atoms with van der Waals surface area (Å²) in [5.41, 5.74) is 0. The lowest BCUT2D eigenvalue weighted by molar-refractivity contribution is 0.218. The van der Waals surface area contributed by atoms with Gasteiger partial charge in [-0.2, -0.15) is 0 Å². The second kappa shape index (κ2) is 6.45. The Balaban J connectivity index is 1.99. The van der Waals surface area contributed by atoms with Crippen molar-refractivity contribution in [3.05, 3.63) is 18.3 Å². The van der Waals surface area contributed by atoms with Crippen LogP contribution in [0.3, 0.4) is 0 Å². The molecule has 1 aromatic heterocycles. The predicted octanol–water partition coefficient (Wildman–Crippen LogP) is 1.95. The number of hydrogen-bond acceptors (Lipinski definition) is 4. The average Bonchev–Trinajstić information content (AvgIpc) is 2.34. The van der Waals surface area contributed by atoms with Gasteiger partial charge in [0.2, 0.25) is 0 Å². The Labute approximate surface area is 103 Å². The highest BCUT2D eigenvalue weighted by Crippen LogP contribution is 2.23. The molecule has 4 heteroatoms. The molecule has 0 radical (unpaired) electrons. The molecule has 0 unspecified atom stereocenters. The van der Waals surface area contributed by atoms with Crippen LogP contribution >= 0.6 is 0 Å². The zero-order chi connectivity index (χ0) is 11.9. The van der Waals surface area contributed by atoms with E-state index in [9.17, 15) is 0 Å². The summed E-state index contributed by atoms with van der Waals surface area (Å²) in [4.78, 5) is 6.54. The molecule has 0 saturated carbocycles. The third-order valence-electron chi connectivity index (χ3n) is 2.85. The summed E-state index contributed by atoms with van der Waals surface area (Å²) in [6.07, 6.45) is 5.00. The normalized spacial score (nSPS) is 19.1. The summed E-state index contributed by atoms with van der Waals surface area (Å²) in [6, 6.07) is 3.79. The van der Waals surface area contributed by atoms with Crippen molar-refractivity contribution in [3.8, 4) is 11.6 Å². The molecular weight excluding hydrogens is 216 g/mol. The maximum Gasteiger partial charge on any atom is 0.256 e. The Bertz CT molecular complexity index is 344. The zero-order valence-electron chi connectivity index (χ0n) is 10.4. The summed E-state index contributed by atoms with van der Waals surface area (Å²) in [5.74, 6) is 1.39. The zero-order valence-corrected chi connectivity index (χ0v) is 10.4. The fourth-order valence-electron chi connectivity index (χ4n) is 1.88. The van der Waals surface area contributed by atoms with Gasteiger partial charge in [0.25, 0.3) is 5.88 Å². The van der Waals surface area contributed by atoms with Gasteiger partial charge in [-0.05, 0) is 45.0 Å². The van der Waals surface area contributed by atoms with Crippen molar-refractivity contribution in [1.29, 1.82) is 0 Å². The van der Waals surface area contributed by atoms with Crippen molar-refractivity contribution >= 4 is 0 Å². The van der Waals surface area contributed by atoms with Gasteiger partial charge >= 0.3 is 0 Å². The van der Waals surface area contributed by atoms with Gasteiger partial charge in [0.05, 0.1) is 13.2 Å². The van der Waals surface area contributed by atoms with Crippen molar-refractivity contribution in [3.63, 3.8) is 0 Å². The van der Waals surface area contributed by atoms with E-state index >= 15 is 0 Å². The van der Waals surface area contributed by atoms with Crippen molar-refractivity contribution in [1.82, 2.24) is 9.88 Å². The molecule has 0 fully saturated rings. The molecule has 4 nitrogen and oxygen atoms in total. The number of fused-ring (bicyclic) bond motifs is 1. The number of ether oxygens (including phenoxy) is 2. The van der Waals surface area contributed by atoms with E-state index in [1.807, 2.05) is 12.1 Å². The van der Waals surface area contributed by atoms with Crippen LogP contribution in [0.5, 0.6) is 11.6 Å². The van der Waals surface area contributed by atoms with E-state index in [4.69, 9.17) is 9.47 Å². The Hall–Kier alpha value is -1.29. The van der Waals surface area contributed by atoms with Crippen LogP contribution in [0, 0.1) is 0 Å². The lowest BCUT2D eigenvalue weighted by Gasteiger charge is -2.18. The van der Waals surface area contributed by atoms with Crippen LogP contribution in [0.25, 0.3) is 0 Å². The molecule has 0 N–H and O–H groups in total. The van der Waals surface area contributed by atoms with E-state index in [2.05, 4.69) is 16.9 Å². The maximum atomic E-state index is 5.69. The van der Waals surface area contributed by atoms with Crippen LogP contribution in [0.4, 0.5) is 0 Å². The molecule has 1 aromatic rings. The molecule has 0 amide bonds. The van der Waals surface area contributed by atoms with Gasteiger partial charge in [-0.1, -0.05) is 0 Å². The highest BCUT2D eigenvalue weighted by Gasteiger charge is 2.07. The van der Waals surface area contributed by atoms with Crippen molar-refractivity contribution in [2.75, 3.05) is 33.4 Å². The largest absolute Gasteiger partial charge is 0.488 e. The quantitative estimate of drug-likeness (QED) is 0.689. The van der Waals surface area contributed by atoms with Gasteiger partial charge in [0.1, 0.15) is 0 Å². The van der Waals surface area contributed by atoms with Gasteiger partial charge in [0, 0.05) is 12.7 Å². The molecule has 2 heterocycles. The third kappa shape index (κ3) is 3.89. The SMILES string of the molecule is CN1CCCCOc2cccnc2OCCC1. The molecule has 2 rings (SSSR count). The summed E-state index contributed by atoms with van der Waals surface area (Å²) in [5, 5.41) is 0. The first-order valence-electron chi connectivity index (χ1n) is 6.25. The van der Waals surface area contributed by atoms with Crippen molar-refractivity contribution in [2.45, 2.75) is 19.3 Å². The second-order valence-corrected chi connectivity index (χ2v) is 4.37. The first-order valence-corrected chi connectivity index (χ1v) is 6.25. The minimum absolute atomic E-state index is 0.621. The minimum atomic E-state index is 0.621. The van der Waals surface area contributed by atoms with Gasteiger partial charge in [-0.3, -0.25) is 0 Å². The Morgan fingerprint density at radius 2 is 1.94 bits per heavy atom. The highest BCUT2D eigenvalue weighted by atomic mass is 16.5. The summed E-state index contributed by atoms with van der Waals surface area (Å²) >= 11 is 0. The molecule has 94 valence electrons. The van der Waals surface area contributed by atoms with Gasteiger partial charge in [-0.15, -0.1) is 0 Å². The summed E-state index contributed by atoms with van der Waals surface area (Å²) in [6.45, 7) is 3.62. The second-order valence-electron chi connectivity index (χ2n) is 4.37. The molecule has 0 spiro atoms. The molecule has 0 aliphatic carbocycles. The van der Waals surface area contributed by atoms with E-state index in [0.29, 0.717) is 12.5 Å². The number of rotatable bonds is 0. The standard InChI is InChI=1S/C13H20N2O2/c1-15-8-2-3-10-16-12-6-4-7-14-13(12)17-11-5-9-15/h4,6-7H,2-3,5,8-11H2,1H3. The van der Waals surface area contributed by atoms with Crippen LogP contribution in [-0.2, 0) is 0 Å². The monoisotopic (exact) mass is 236 g/mol. The molecule has 1 aliphatic rings. The van der Waals surface area contributed by atoms with Gasteiger partial charge in [0.15, 0.2) is 5.75 Å². The molecule has 17 heavy (non-hydrogen) atoms. The minimum Gasteiger partial charge on any atom is -0.488 e. The van der Waals surface area contributed by atoms with Crippen LogP contribution in [0.2, 0.25) is 0 Å². The van der Waals surface area contributed by atoms with E-state index in [1.54, 1.807) is 6.20 Å². The first kappa shape index (κ1) is 12.2. The fourth-order valence-corrected chi connectivity index (χ4v) is 1.88. The maximum absolute atomic E-state index is 5.69. The smallest absolute Gasteiger partial charge is 0.256 e. The van der Waals surface area contributed by atoms with E-state index in [1.165, 1.54) is 6.42 Å². The van der Waals surface area contributed by atoms with Gasteiger partial charge in [-0.25, -0.2) is 4.98 Å². The van der Waals surface area contributed by atoms with Crippen LogP contribution in [0.1, 0.15) is 19.3 Å². The number of hydrogen-bond donors (Lipinski definition) is 0. The Morgan fingerprint density at radius 3 is 2.88 bits per heavy atom. The molecule has 1 aliphatic heterocycles. The lowest BCUT2D eigenvalue weighted by Crippen LogP contribution is -2.23. The highest BCUT2D eigenvalue weighted by molar-refractivity contribution is 5.32. The van der Waals surface area contributed by atoms with E-state index in [0.717, 1.165) is 38.3 Å². The number of pyridine rings is 1. The summed E-state index contributed by atoms with van der Waals surface area (Å²) in [7, 11) is 2.15. The third-order valence-corrected chi connectivity index (χ3v) is 2.85. The summed E-state index contributed by atoms with van der Waals surface area (Å²) < 4.78 is 11.3.